The molecule has 20 heavy (non-hydrogen) atoms. The van der Waals surface area contributed by atoms with Gasteiger partial charge in [-0.2, -0.15) is 0 Å². The van der Waals surface area contributed by atoms with Gasteiger partial charge < -0.3 is 4.74 Å². The van der Waals surface area contributed by atoms with E-state index in [1.807, 2.05) is 18.2 Å². The zero-order chi connectivity index (χ0) is 14.4. The Morgan fingerprint density at radius 3 is 2.85 bits per heavy atom. The summed E-state index contributed by atoms with van der Waals surface area (Å²) in [6, 6.07) is 8.21. The highest BCUT2D eigenvalue weighted by Crippen LogP contribution is 2.22. The molecule has 0 amide bonds. The first-order valence-electron chi connectivity index (χ1n) is 6.84. The van der Waals surface area contributed by atoms with Crippen LogP contribution in [0.3, 0.4) is 0 Å². The predicted octanol–water partition coefficient (Wildman–Crippen LogP) is 4.13. The molecule has 0 N–H and O–H groups in total. The Labute approximate surface area is 123 Å². The van der Waals surface area contributed by atoms with Crippen LogP contribution in [0, 0.1) is 0 Å². The Hall–Kier alpha value is -1.68. The molecule has 0 saturated carbocycles. The maximum atomic E-state index is 11.2. The molecular weight excluding hydrogens is 270 g/mol. The molecule has 0 aliphatic carbocycles. The molecule has 0 bridgehead atoms. The van der Waals surface area contributed by atoms with Crippen molar-refractivity contribution in [1.29, 1.82) is 0 Å². The summed E-state index contributed by atoms with van der Waals surface area (Å²) in [6.45, 7) is 5.69. The minimum Gasteiger partial charge on any atom is -0.462 e. The standard InChI is InChI=1S/C16H19NO2S/c1-12(2)16(18)19-11-7-3-4-10-15-17-13-8-5-6-9-14(13)20-15/h5-6,8-9H,1,3-4,7,10-11H2,2H3. The zero-order valence-electron chi connectivity index (χ0n) is 11.7. The zero-order valence-corrected chi connectivity index (χ0v) is 12.5. The molecule has 0 radical (unpaired) electrons. The van der Waals surface area contributed by atoms with Crippen molar-refractivity contribution in [1.82, 2.24) is 4.98 Å². The smallest absolute Gasteiger partial charge is 0.333 e. The fourth-order valence-electron chi connectivity index (χ4n) is 1.87. The van der Waals surface area contributed by atoms with Crippen molar-refractivity contribution in [3.8, 4) is 0 Å². The number of aromatic nitrogens is 1. The van der Waals surface area contributed by atoms with Gasteiger partial charge in [-0.3, -0.25) is 0 Å². The van der Waals surface area contributed by atoms with E-state index in [-0.39, 0.29) is 5.97 Å². The summed E-state index contributed by atoms with van der Waals surface area (Å²) >= 11 is 1.76. The summed E-state index contributed by atoms with van der Waals surface area (Å²) in [5.41, 5.74) is 1.54. The highest BCUT2D eigenvalue weighted by atomic mass is 32.1. The summed E-state index contributed by atoms with van der Waals surface area (Å²) in [6.07, 6.45) is 4.00. The van der Waals surface area contributed by atoms with Crippen LogP contribution >= 0.6 is 11.3 Å². The van der Waals surface area contributed by atoms with E-state index in [9.17, 15) is 4.79 Å². The molecule has 106 valence electrons. The number of carbonyl (C=O) groups excluding carboxylic acids is 1. The molecule has 2 aromatic rings. The number of nitrogens with zero attached hydrogens (tertiary/aromatic N) is 1. The molecule has 1 aromatic heterocycles. The molecule has 4 heteroatoms. The molecule has 3 nitrogen and oxygen atoms in total. The van der Waals surface area contributed by atoms with E-state index in [1.54, 1.807) is 18.3 Å². The van der Waals surface area contributed by atoms with Gasteiger partial charge in [-0.25, -0.2) is 9.78 Å². The number of fused-ring (bicyclic) bond motifs is 1. The first kappa shape index (κ1) is 14.7. The lowest BCUT2D eigenvalue weighted by atomic mass is 10.2. The molecule has 0 aliphatic rings. The lowest BCUT2D eigenvalue weighted by molar-refractivity contribution is -0.139. The quantitative estimate of drug-likeness (QED) is 0.437. The number of hydrogen-bond donors (Lipinski definition) is 0. The van der Waals surface area contributed by atoms with Crippen LogP contribution in [0.15, 0.2) is 36.4 Å². The number of esters is 1. The van der Waals surface area contributed by atoms with Crippen molar-refractivity contribution in [2.24, 2.45) is 0 Å². The number of benzene rings is 1. The van der Waals surface area contributed by atoms with Gasteiger partial charge in [0.2, 0.25) is 0 Å². The van der Waals surface area contributed by atoms with Crippen molar-refractivity contribution in [3.63, 3.8) is 0 Å². The highest BCUT2D eigenvalue weighted by molar-refractivity contribution is 7.18. The van der Waals surface area contributed by atoms with Gasteiger partial charge in [-0.05, 0) is 44.7 Å². The van der Waals surface area contributed by atoms with Gasteiger partial charge in [0, 0.05) is 5.57 Å². The van der Waals surface area contributed by atoms with Crippen LogP contribution in [0.2, 0.25) is 0 Å². The second-order valence-electron chi connectivity index (χ2n) is 4.80. The van der Waals surface area contributed by atoms with Gasteiger partial charge in [0.05, 0.1) is 21.8 Å². The number of unbranched alkanes of at least 4 members (excludes halogenated alkanes) is 2. The summed E-state index contributed by atoms with van der Waals surface area (Å²) in [4.78, 5) is 15.8. The molecule has 1 heterocycles. The van der Waals surface area contributed by atoms with Gasteiger partial charge in [0.1, 0.15) is 0 Å². The molecule has 0 saturated heterocycles. The van der Waals surface area contributed by atoms with E-state index in [1.165, 1.54) is 9.71 Å². The minimum atomic E-state index is -0.295. The van der Waals surface area contributed by atoms with E-state index in [0.717, 1.165) is 31.2 Å². The Balaban J connectivity index is 1.66. The molecule has 2 rings (SSSR count). The third-order valence-corrected chi connectivity index (χ3v) is 4.05. The number of thiazole rings is 1. The molecular formula is C16H19NO2S. The van der Waals surface area contributed by atoms with Crippen molar-refractivity contribution >= 4 is 27.5 Å². The van der Waals surface area contributed by atoms with Crippen LogP contribution in [0.4, 0.5) is 0 Å². The SMILES string of the molecule is C=C(C)C(=O)OCCCCCc1nc2ccccc2s1. The number of ether oxygens (including phenoxy) is 1. The van der Waals surface area contributed by atoms with Crippen molar-refractivity contribution in [3.05, 3.63) is 41.4 Å². The average Bonchev–Trinajstić information content (AvgIpc) is 2.84. The number of para-hydroxylation sites is 1. The minimum absolute atomic E-state index is 0.295. The largest absolute Gasteiger partial charge is 0.462 e. The highest BCUT2D eigenvalue weighted by Gasteiger charge is 2.04. The second-order valence-corrected chi connectivity index (χ2v) is 5.92. The lowest BCUT2D eigenvalue weighted by Crippen LogP contribution is -2.06. The Morgan fingerprint density at radius 1 is 1.30 bits per heavy atom. The maximum Gasteiger partial charge on any atom is 0.333 e. The molecule has 0 fully saturated rings. The van der Waals surface area contributed by atoms with Crippen molar-refractivity contribution in [2.45, 2.75) is 32.6 Å². The summed E-state index contributed by atoms with van der Waals surface area (Å²) in [5, 5.41) is 1.19. The summed E-state index contributed by atoms with van der Waals surface area (Å²) < 4.78 is 6.30. The third-order valence-electron chi connectivity index (χ3n) is 2.95. The van der Waals surface area contributed by atoms with Gasteiger partial charge in [-0.1, -0.05) is 18.7 Å². The van der Waals surface area contributed by atoms with Gasteiger partial charge >= 0.3 is 5.97 Å². The number of aryl methyl sites for hydroxylation is 1. The monoisotopic (exact) mass is 289 g/mol. The van der Waals surface area contributed by atoms with E-state index in [4.69, 9.17) is 4.74 Å². The van der Waals surface area contributed by atoms with Gasteiger partial charge in [0.25, 0.3) is 0 Å². The Bertz CT molecular complexity index is 570. The number of hydrogen-bond acceptors (Lipinski definition) is 4. The van der Waals surface area contributed by atoms with Crippen LogP contribution in [0.1, 0.15) is 31.2 Å². The molecule has 0 atom stereocenters. The number of carbonyl (C=O) groups is 1. The maximum absolute atomic E-state index is 11.2. The van der Waals surface area contributed by atoms with Crippen LogP contribution in [-0.2, 0) is 16.0 Å². The van der Waals surface area contributed by atoms with Crippen LogP contribution in [0.5, 0.6) is 0 Å². The van der Waals surface area contributed by atoms with Gasteiger partial charge in [0.15, 0.2) is 0 Å². The van der Waals surface area contributed by atoms with Gasteiger partial charge in [-0.15, -0.1) is 11.3 Å². The third kappa shape index (κ3) is 4.17. The van der Waals surface area contributed by atoms with Crippen LogP contribution < -0.4 is 0 Å². The van der Waals surface area contributed by atoms with Crippen molar-refractivity contribution in [2.75, 3.05) is 6.61 Å². The van der Waals surface area contributed by atoms with E-state index in [2.05, 4.69) is 17.6 Å². The summed E-state index contributed by atoms with van der Waals surface area (Å²) in [7, 11) is 0. The fraction of sp³-hybridized carbons (Fsp3) is 0.375. The van der Waals surface area contributed by atoms with E-state index in [0.29, 0.717) is 12.2 Å². The first-order chi connectivity index (χ1) is 9.66. The average molecular weight is 289 g/mol. The van der Waals surface area contributed by atoms with E-state index < -0.39 is 0 Å². The molecule has 0 unspecified atom stereocenters. The Morgan fingerprint density at radius 2 is 2.10 bits per heavy atom. The summed E-state index contributed by atoms with van der Waals surface area (Å²) in [5.74, 6) is -0.295. The number of rotatable bonds is 7. The molecule has 1 aromatic carbocycles. The lowest BCUT2D eigenvalue weighted by Gasteiger charge is -2.03. The second kappa shape index (κ2) is 7.20. The molecule has 0 aliphatic heterocycles. The first-order valence-corrected chi connectivity index (χ1v) is 7.65. The van der Waals surface area contributed by atoms with Crippen LogP contribution in [0.25, 0.3) is 10.2 Å². The van der Waals surface area contributed by atoms with Crippen molar-refractivity contribution < 1.29 is 9.53 Å². The predicted molar refractivity (Wildman–Crippen MR) is 82.9 cm³/mol. The van der Waals surface area contributed by atoms with E-state index >= 15 is 0 Å². The fourth-order valence-corrected chi connectivity index (χ4v) is 2.88. The van der Waals surface area contributed by atoms with Crippen LogP contribution in [-0.4, -0.2) is 17.6 Å². The Kier molecular flexibility index (Phi) is 5.30. The molecule has 0 spiro atoms. The topological polar surface area (TPSA) is 39.2 Å². The normalized spacial score (nSPS) is 10.7.